The Morgan fingerprint density at radius 2 is 1.75 bits per heavy atom. The van der Waals surface area contributed by atoms with E-state index in [1.165, 1.54) is 29.2 Å². The predicted molar refractivity (Wildman–Crippen MR) is 113 cm³/mol. The highest BCUT2D eigenvalue weighted by atomic mass is 19.4. The second-order valence-electron chi connectivity index (χ2n) is 6.98. The zero-order valence-corrected chi connectivity index (χ0v) is 17.1. The molecule has 0 aliphatic heterocycles. The molecule has 0 spiro atoms. The molecule has 0 aliphatic rings. The predicted octanol–water partition coefficient (Wildman–Crippen LogP) is 4.89. The van der Waals surface area contributed by atoms with Crippen molar-refractivity contribution in [3.8, 4) is 28.5 Å². The molecule has 0 saturated carbocycles. The summed E-state index contributed by atoms with van der Waals surface area (Å²) in [5.41, 5.74) is -0.0320. The summed E-state index contributed by atoms with van der Waals surface area (Å²) in [4.78, 5) is 13.1. The number of para-hydroxylation sites is 1. The fraction of sp³-hybridized carbons (Fsp3) is 0.174. The fourth-order valence-electron chi connectivity index (χ4n) is 3.17. The third-order valence-electron chi connectivity index (χ3n) is 4.67. The van der Waals surface area contributed by atoms with Crippen LogP contribution in [0.15, 0.2) is 77.9 Å². The summed E-state index contributed by atoms with van der Waals surface area (Å²) in [5, 5.41) is 8.64. The summed E-state index contributed by atoms with van der Waals surface area (Å²) in [6.07, 6.45) is -1.02. The van der Waals surface area contributed by atoms with Gasteiger partial charge in [-0.3, -0.25) is 4.79 Å². The van der Waals surface area contributed by atoms with Gasteiger partial charge in [0.05, 0.1) is 41.6 Å². The number of benzene rings is 2. The molecule has 164 valence electrons. The lowest BCUT2D eigenvalue weighted by Gasteiger charge is -2.14. The van der Waals surface area contributed by atoms with E-state index in [0.717, 1.165) is 12.1 Å². The van der Waals surface area contributed by atoms with Crippen LogP contribution in [0.25, 0.3) is 22.8 Å². The van der Waals surface area contributed by atoms with E-state index in [4.69, 9.17) is 4.74 Å². The van der Waals surface area contributed by atoms with Crippen LogP contribution in [0.5, 0.6) is 5.75 Å². The van der Waals surface area contributed by atoms with Gasteiger partial charge in [-0.15, -0.1) is 0 Å². The summed E-state index contributed by atoms with van der Waals surface area (Å²) < 4.78 is 48.0. The first-order valence-electron chi connectivity index (χ1n) is 9.92. The SMILES string of the molecule is CCCOc1cn(-c2cccc(C(F)(F)F)c2)nc(-c2ccnn2-c2ccccc2)c1=O. The van der Waals surface area contributed by atoms with E-state index in [9.17, 15) is 18.0 Å². The Morgan fingerprint density at radius 1 is 1.00 bits per heavy atom. The number of alkyl halides is 3. The maximum absolute atomic E-state index is 13.2. The van der Waals surface area contributed by atoms with Gasteiger partial charge in [0.15, 0.2) is 11.4 Å². The Labute approximate surface area is 181 Å². The van der Waals surface area contributed by atoms with E-state index in [0.29, 0.717) is 17.8 Å². The van der Waals surface area contributed by atoms with E-state index in [1.807, 2.05) is 37.3 Å². The van der Waals surface area contributed by atoms with Crippen LogP contribution in [0.4, 0.5) is 13.2 Å². The highest BCUT2D eigenvalue weighted by Crippen LogP contribution is 2.30. The second-order valence-corrected chi connectivity index (χ2v) is 6.98. The maximum Gasteiger partial charge on any atom is 0.416 e. The van der Waals surface area contributed by atoms with Gasteiger partial charge in [0.1, 0.15) is 0 Å². The number of nitrogens with zero attached hydrogens (tertiary/aromatic N) is 4. The minimum absolute atomic E-state index is 0.00456. The smallest absolute Gasteiger partial charge is 0.416 e. The number of aromatic nitrogens is 4. The Morgan fingerprint density at radius 3 is 2.47 bits per heavy atom. The van der Waals surface area contributed by atoms with E-state index in [-0.39, 0.29) is 23.7 Å². The summed E-state index contributed by atoms with van der Waals surface area (Å²) in [5.74, 6) is -0.00456. The Hall–Kier alpha value is -3.88. The van der Waals surface area contributed by atoms with Crippen molar-refractivity contribution in [2.24, 2.45) is 0 Å². The van der Waals surface area contributed by atoms with Gasteiger partial charge in [0, 0.05) is 0 Å². The van der Waals surface area contributed by atoms with E-state index >= 15 is 0 Å². The number of halogens is 3. The molecule has 0 radical (unpaired) electrons. The van der Waals surface area contributed by atoms with Gasteiger partial charge in [0.25, 0.3) is 5.43 Å². The highest BCUT2D eigenvalue weighted by molar-refractivity contribution is 5.59. The molecule has 0 unspecified atom stereocenters. The van der Waals surface area contributed by atoms with Crippen LogP contribution in [0.3, 0.4) is 0 Å². The molecule has 0 N–H and O–H groups in total. The molecule has 4 rings (SSSR count). The Kier molecular flexibility index (Phi) is 5.81. The minimum atomic E-state index is -4.51. The van der Waals surface area contributed by atoms with Crippen molar-refractivity contribution in [2.75, 3.05) is 6.61 Å². The van der Waals surface area contributed by atoms with Gasteiger partial charge >= 0.3 is 6.18 Å². The molecule has 2 heterocycles. The molecule has 6 nitrogen and oxygen atoms in total. The molecule has 2 aromatic heterocycles. The highest BCUT2D eigenvalue weighted by Gasteiger charge is 2.30. The molecular formula is C23H19F3N4O2. The van der Waals surface area contributed by atoms with Gasteiger partial charge in [-0.25, -0.2) is 9.36 Å². The molecule has 0 saturated heterocycles. The van der Waals surface area contributed by atoms with Crippen LogP contribution >= 0.6 is 0 Å². The lowest BCUT2D eigenvalue weighted by Crippen LogP contribution is -2.19. The van der Waals surface area contributed by atoms with Gasteiger partial charge in [-0.2, -0.15) is 23.4 Å². The first-order chi connectivity index (χ1) is 15.4. The standard InChI is InChI=1S/C23H19F3N4O2/c1-2-13-32-20-15-29(18-10-6-7-16(14-18)23(24,25)26)28-21(22(20)31)19-11-12-27-30(19)17-8-4-3-5-9-17/h3-12,14-15H,2,13H2,1H3. The summed E-state index contributed by atoms with van der Waals surface area (Å²) in [6, 6.07) is 15.5. The van der Waals surface area contributed by atoms with Crippen molar-refractivity contribution >= 4 is 0 Å². The van der Waals surface area contributed by atoms with Gasteiger partial charge in [-0.05, 0) is 42.8 Å². The van der Waals surface area contributed by atoms with E-state index in [2.05, 4.69) is 10.2 Å². The molecular weight excluding hydrogens is 421 g/mol. The summed E-state index contributed by atoms with van der Waals surface area (Å²) in [7, 11) is 0. The van der Waals surface area contributed by atoms with Crippen LogP contribution in [-0.4, -0.2) is 26.2 Å². The maximum atomic E-state index is 13.2. The average molecular weight is 440 g/mol. The van der Waals surface area contributed by atoms with Crippen LogP contribution in [-0.2, 0) is 6.18 Å². The van der Waals surface area contributed by atoms with Crippen LogP contribution in [0.2, 0.25) is 0 Å². The lowest BCUT2D eigenvalue weighted by atomic mass is 10.2. The summed E-state index contributed by atoms with van der Waals surface area (Å²) >= 11 is 0. The number of ether oxygens (including phenoxy) is 1. The van der Waals surface area contributed by atoms with Crippen molar-refractivity contribution < 1.29 is 17.9 Å². The average Bonchev–Trinajstić information content (AvgIpc) is 3.28. The molecule has 0 bridgehead atoms. The molecule has 0 aliphatic carbocycles. The molecule has 0 atom stereocenters. The normalized spacial score (nSPS) is 11.5. The second kappa shape index (κ2) is 8.70. The van der Waals surface area contributed by atoms with Gasteiger partial charge in [-0.1, -0.05) is 31.2 Å². The van der Waals surface area contributed by atoms with Crippen molar-refractivity contribution in [1.29, 1.82) is 0 Å². The molecule has 4 aromatic rings. The van der Waals surface area contributed by atoms with Crippen molar-refractivity contribution in [2.45, 2.75) is 19.5 Å². The minimum Gasteiger partial charge on any atom is -0.488 e. The third kappa shape index (κ3) is 4.27. The topological polar surface area (TPSA) is 61.9 Å². The molecule has 2 aromatic carbocycles. The number of hydrogen-bond donors (Lipinski definition) is 0. The van der Waals surface area contributed by atoms with E-state index < -0.39 is 17.2 Å². The van der Waals surface area contributed by atoms with Crippen LogP contribution < -0.4 is 10.2 Å². The summed E-state index contributed by atoms with van der Waals surface area (Å²) in [6.45, 7) is 2.16. The van der Waals surface area contributed by atoms with Crippen molar-refractivity contribution in [3.63, 3.8) is 0 Å². The molecule has 0 amide bonds. The van der Waals surface area contributed by atoms with Gasteiger partial charge < -0.3 is 4.74 Å². The zero-order chi connectivity index (χ0) is 22.7. The van der Waals surface area contributed by atoms with Crippen molar-refractivity contribution in [1.82, 2.24) is 19.6 Å². The fourth-order valence-corrected chi connectivity index (χ4v) is 3.17. The van der Waals surface area contributed by atoms with Gasteiger partial charge in [0.2, 0.25) is 0 Å². The molecule has 9 heteroatoms. The third-order valence-corrected chi connectivity index (χ3v) is 4.67. The molecule has 0 fully saturated rings. The number of hydrogen-bond acceptors (Lipinski definition) is 4. The Balaban J connectivity index is 1.90. The Bertz CT molecular complexity index is 1280. The van der Waals surface area contributed by atoms with Crippen LogP contribution in [0, 0.1) is 0 Å². The van der Waals surface area contributed by atoms with E-state index in [1.54, 1.807) is 10.7 Å². The van der Waals surface area contributed by atoms with Crippen molar-refractivity contribution in [3.05, 3.63) is 88.8 Å². The quantitative estimate of drug-likeness (QED) is 0.428. The largest absolute Gasteiger partial charge is 0.488 e. The first kappa shape index (κ1) is 21.4. The van der Waals surface area contributed by atoms with Crippen LogP contribution in [0.1, 0.15) is 18.9 Å². The number of rotatable bonds is 6. The lowest BCUT2D eigenvalue weighted by molar-refractivity contribution is -0.137. The first-order valence-corrected chi connectivity index (χ1v) is 9.92. The zero-order valence-electron chi connectivity index (χ0n) is 17.1. The monoisotopic (exact) mass is 440 g/mol. The molecule has 32 heavy (non-hydrogen) atoms.